The third-order valence-electron chi connectivity index (χ3n) is 5.96. The number of anilines is 4. The van der Waals surface area contributed by atoms with Gasteiger partial charge in [0.05, 0.1) is 5.69 Å². The predicted molar refractivity (Wildman–Crippen MR) is 123 cm³/mol. The van der Waals surface area contributed by atoms with Crippen molar-refractivity contribution in [1.29, 1.82) is 0 Å². The molecular formula is C25H21N5O. The second kappa shape index (κ2) is 6.54. The van der Waals surface area contributed by atoms with E-state index in [1.165, 1.54) is 0 Å². The second-order valence-corrected chi connectivity index (χ2v) is 7.93. The molecule has 3 aromatic heterocycles. The Kier molecular flexibility index (Phi) is 3.77. The molecule has 1 aliphatic rings. The van der Waals surface area contributed by atoms with E-state index in [1.54, 1.807) is 12.4 Å². The molecule has 1 unspecified atom stereocenters. The van der Waals surface area contributed by atoms with Gasteiger partial charge in [-0.05, 0) is 50.6 Å². The van der Waals surface area contributed by atoms with E-state index in [9.17, 15) is 0 Å². The van der Waals surface area contributed by atoms with Crippen molar-refractivity contribution in [2.75, 3.05) is 9.80 Å². The van der Waals surface area contributed by atoms with Gasteiger partial charge in [-0.2, -0.15) is 0 Å². The molecule has 0 spiro atoms. The molecule has 31 heavy (non-hydrogen) atoms. The Morgan fingerprint density at radius 1 is 0.806 bits per heavy atom. The first-order valence-corrected chi connectivity index (χ1v) is 10.4. The van der Waals surface area contributed by atoms with Crippen LogP contribution in [0.3, 0.4) is 0 Å². The van der Waals surface area contributed by atoms with Crippen LogP contribution in [0.15, 0.2) is 71.4 Å². The lowest BCUT2D eigenvalue weighted by Gasteiger charge is -2.30. The van der Waals surface area contributed by atoms with E-state index < -0.39 is 0 Å². The van der Waals surface area contributed by atoms with E-state index in [-0.39, 0.29) is 6.17 Å². The first-order chi connectivity index (χ1) is 15.1. The summed E-state index contributed by atoms with van der Waals surface area (Å²) in [6.07, 6.45) is 3.45. The van der Waals surface area contributed by atoms with Crippen LogP contribution in [0.25, 0.3) is 22.1 Å². The van der Waals surface area contributed by atoms with Gasteiger partial charge in [0, 0.05) is 34.5 Å². The summed E-state index contributed by atoms with van der Waals surface area (Å²) >= 11 is 0. The lowest BCUT2D eigenvalue weighted by atomic mass is 10.1. The van der Waals surface area contributed by atoms with Crippen LogP contribution in [0.4, 0.5) is 23.0 Å². The zero-order chi connectivity index (χ0) is 21.1. The Morgan fingerprint density at radius 3 is 2.29 bits per heavy atom. The van der Waals surface area contributed by atoms with Gasteiger partial charge in [0.2, 0.25) is 5.71 Å². The third kappa shape index (κ3) is 2.54. The molecular weight excluding hydrogens is 386 g/mol. The highest BCUT2D eigenvalue weighted by atomic mass is 16.3. The smallest absolute Gasteiger partial charge is 0.227 e. The Morgan fingerprint density at radius 2 is 1.52 bits per heavy atom. The highest BCUT2D eigenvalue weighted by molar-refractivity contribution is 6.09. The fraction of sp³-hybridized carbons (Fsp3) is 0.160. The number of benzene rings is 2. The summed E-state index contributed by atoms with van der Waals surface area (Å²) in [4.78, 5) is 18.5. The summed E-state index contributed by atoms with van der Waals surface area (Å²) in [6.45, 7) is 6.25. The zero-order valence-corrected chi connectivity index (χ0v) is 17.6. The molecule has 6 rings (SSSR count). The summed E-state index contributed by atoms with van der Waals surface area (Å²) in [5, 5.41) is 2.08. The fourth-order valence-corrected chi connectivity index (χ4v) is 4.55. The number of aryl methyl sites for hydroxylation is 2. The molecule has 0 amide bonds. The van der Waals surface area contributed by atoms with E-state index in [0.29, 0.717) is 5.71 Å². The molecule has 0 saturated heterocycles. The van der Waals surface area contributed by atoms with E-state index in [1.807, 2.05) is 31.2 Å². The Balaban J connectivity index is 1.62. The van der Waals surface area contributed by atoms with Crippen molar-refractivity contribution >= 4 is 45.1 Å². The number of fused-ring (bicyclic) bond motifs is 4. The Bertz CT molecular complexity index is 1440. The zero-order valence-electron chi connectivity index (χ0n) is 17.6. The van der Waals surface area contributed by atoms with Crippen LogP contribution in [0.1, 0.15) is 18.2 Å². The van der Waals surface area contributed by atoms with Crippen LogP contribution in [-0.2, 0) is 0 Å². The van der Waals surface area contributed by atoms with Gasteiger partial charge in [0.25, 0.3) is 0 Å². The van der Waals surface area contributed by atoms with Gasteiger partial charge in [-0.15, -0.1) is 0 Å². The molecule has 6 nitrogen and oxygen atoms in total. The van der Waals surface area contributed by atoms with Gasteiger partial charge in [-0.25, -0.2) is 15.0 Å². The maximum Gasteiger partial charge on any atom is 0.227 e. The quantitative estimate of drug-likeness (QED) is 0.356. The van der Waals surface area contributed by atoms with E-state index >= 15 is 0 Å². The van der Waals surface area contributed by atoms with Gasteiger partial charge in [0.15, 0.2) is 17.2 Å². The van der Waals surface area contributed by atoms with E-state index in [0.717, 1.165) is 50.6 Å². The molecule has 6 heteroatoms. The molecule has 0 bridgehead atoms. The van der Waals surface area contributed by atoms with Crippen molar-refractivity contribution in [3.05, 3.63) is 78.2 Å². The minimum atomic E-state index is -0.0352. The molecule has 1 atom stereocenters. The number of aromatic nitrogens is 3. The molecule has 4 heterocycles. The van der Waals surface area contributed by atoms with Gasteiger partial charge in [-0.3, -0.25) is 4.90 Å². The highest BCUT2D eigenvalue weighted by Crippen LogP contribution is 2.48. The highest BCUT2D eigenvalue weighted by Gasteiger charge is 2.39. The van der Waals surface area contributed by atoms with Gasteiger partial charge in [-0.1, -0.05) is 30.3 Å². The topological polar surface area (TPSA) is 58.3 Å². The monoisotopic (exact) mass is 407 g/mol. The van der Waals surface area contributed by atoms with Crippen LogP contribution in [-0.4, -0.2) is 21.1 Å². The number of para-hydroxylation sites is 1. The molecule has 0 N–H and O–H groups in total. The summed E-state index contributed by atoms with van der Waals surface area (Å²) in [6, 6.07) is 18.7. The van der Waals surface area contributed by atoms with Gasteiger partial charge < -0.3 is 9.32 Å². The maximum absolute atomic E-state index is 6.34. The molecule has 152 valence electrons. The normalized spacial score (nSPS) is 15.8. The van der Waals surface area contributed by atoms with Crippen LogP contribution < -0.4 is 9.80 Å². The Hall–Kier alpha value is -3.93. The molecule has 2 aromatic carbocycles. The number of hydrogen-bond acceptors (Lipinski definition) is 6. The minimum Gasteiger partial charge on any atom is -0.435 e. The molecule has 0 radical (unpaired) electrons. The van der Waals surface area contributed by atoms with Crippen molar-refractivity contribution < 1.29 is 4.42 Å². The largest absolute Gasteiger partial charge is 0.435 e. The average molecular weight is 407 g/mol. The summed E-state index contributed by atoms with van der Waals surface area (Å²) in [7, 11) is 0. The van der Waals surface area contributed by atoms with Crippen molar-refractivity contribution in [3.8, 4) is 0 Å². The van der Waals surface area contributed by atoms with Crippen LogP contribution in [0.2, 0.25) is 0 Å². The third-order valence-corrected chi connectivity index (χ3v) is 5.96. The standard InChI is InChI=1S/C25H21N5O/c1-15-9-11-19-20-12-10-16(2)28-25(20)31-22(19)21(15)30-17(3)29(18-7-5-4-6-8-18)23-24(30)27-14-13-26-23/h4-14,17H,1-3H3. The van der Waals surface area contributed by atoms with E-state index in [2.05, 4.69) is 63.9 Å². The molecule has 0 fully saturated rings. The van der Waals surface area contributed by atoms with Crippen molar-refractivity contribution in [3.63, 3.8) is 0 Å². The molecule has 0 saturated carbocycles. The second-order valence-electron chi connectivity index (χ2n) is 7.93. The maximum atomic E-state index is 6.34. The average Bonchev–Trinajstić information content (AvgIpc) is 3.28. The SMILES string of the molecule is Cc1ccc2c(n1)oc1c(N3c4nccnc4N(c4ccccc4)C3C)c(C)ccc12. The first kappa shape index (κ1) is 17.9. The van der Waals surface area contributed by atoms with Crippen LogP contribution >= 0.6 is 0 Å². The van der Waals surface area contributed by atoms with Crippen LogP contribution in [0, 0.1) is 13.8 Å². The molecule has 1 aliphatic heterocycles. The van der Waals surface area contributed by atoms with Gasteiger partial charge >= 0.3 is 0 Å². The number of rotatable bonds is 2. The Labute approximate surface area is 179 Å². The fourth-order valence-electron chi connectivity index (χ4n) is 4.55. The number of hydrogen-bond donors (Lipinski definition) is 0. The number of pyridine rings is 1. The van der Waals surface area contributed by atoms with Crippen molar-refractivity contribution in [1.82, 2.24) is 15.0 Å². The predicted octanol–water partition coefficient (Wildman–Crippen LogP) is 6.02. The summed E-state index contributed by atoms with van der Waals surface area (Å²) in [5.74, 6) is 1.65. The van der Waals surface area contributed by atoms with E-state index in [4.69, 9.17) is 9.40 Å². The molecule has 0 aliphatic carbocycles. The lowest BCUT2D eigenvalue weighted by molar-refractivity contribution is 0.647. The number of furan rings is 1. The summed E-state index contributed by atoms with van der Waals surface area (Å²) in [5.41, 5.74) is 5.61. The first-order valence-electron chi connectivity index (χ1n) is 10.4. The summed E-state index contributed by atoms with van der Waals surface area (Å²) < 4.78 is 6.34. The number of nitrogens with zero attached hydrogens (tertiary/aromatic N) is 5. The van der Waals surface area contributed by atoms with Gasteiger partial charge in [0.1, 0.15) is 6.17 Å². The van der Waals surface area contributed by atoms with Crippen molar-refractivity contribution in [2.45, 2.75) is 26.9 Å². The minimum absolute atomic E-state index is 0.0352. The van der Waals surface area contributed by atoms with Crippen molar-refractivity contribution in [2.24, 2.45) is 0 Å². The molecule has 5 aromatic rings. The lowest BCUT2D eigenvalue weighted by Crippen LogP contribution is -2.36. The van der Waals surface area contributed by atoms with Crippen LogP contribution in [0.5, 0.6) is 0 Å².